The van der Waals surface area contributed by atoms with Crippen molar-refractivity contribution in [3.05, 3.63) is 85.0 Å². The fourth-order valence-electron chi connectivity index (χ4n) is 2.75. The second-order valence-electron chi connectivity index (χ2n) is 6.08. The van der Waals surface area contributed by atoms with Crippen LogP contribution >= 0.6 is 0 Å². The highest BCUT2D eigenvalue weighted by atomic mass is 15.0. The van der Waals surface area contributed by atoms with Crippen molar-refractivity contribution >= 4 is 23.4 Å². The second kappa shape index (κ2) is 8.35. The lowest BCUT2D eigenvalue weighted by atomic mass is 9.38. The molecule has 0 aliphatic heterocycles. The number of likely N-dealkylation sites (N-methyl/N-ethyl adjacent to an activating group) is 1. The Morgan fingerprint density at radius 2 is 1.40 bits per heavy atom. The van der Waals surface area contributed by atoms with Gasteiger partial charge in [-0.05, 0) is 56.0 Å². The van der Waals surface area contributed by atoms with Crippen molar-refractivity contribution in [2.24, 2.45) is 0 Å². The Bertz CT molecular complexity index is 765. The van der Waals surface area contributed by atoms with E-state index in [1.54, 1.807) is 0 Å². The van der Waals surface area contributed by atoms with Gasteiger partial charge in [-0.2, -0.15) is 0 Å². The first-order valence-electron chi connectivity index (χ1n) is 8.34. The van der Waals surface area contributed by atoms with Crippen LogP contribution in [0.2, 0.25) is 0 Å². The van der Waals surface area contributed by atoms with E-state index in [-0.39, 0.29) is 6.71 Å². The van der Waals surface area contributed by atoms with E-state index in [2.05, 4.69) is 40.0 Å². The van der Waals surface area contributed by atoms with Crippen molar-refractivity contribution in [1.29, 1.82) is 0 Å². The fourth-order valence-corrected chi connectivity index (χ4v) is 2.75. The van der Waals surface area contributed by atoms with Gasteiger partial charge in [-0.25, -0.2) is 0 Å². The summed E-state index contributed by atoms with van der Waals surface area (Å²) in [5, 5.41) is 0. The van der Waals surface area contributed by atoms with E-state index in [4.69, 9.17) is 0 Å². The monoisotopic (exact) mass is 328 g/mol. The Hall–Kier alpha value is -2.79. The first-order valence-corrected chi connectivity index (χ1v) is 8.34. The minimum Gasteiger partial charge on any atom is -0.306 e. The zero-order chi connectivity index (χ0) is 17.5. The molecule has 3 aromatic rings. The lowest BCUT2D eigenvalue weighted by Crippen LogP contribution is -2.47. The molecule has 0 N–H and O–H groups in total. The zero-order valence-corrected chi connectivity index (χ0v) is 14.6. The van der Waals surface area contributed by atoms with Crippen LogP contribution in [0.5, 0.6) is 0 Å². The maximum absolute atomic E-state index is 4.61. The number of hydrogen-bond acceptors (Lipinski definition) is 4. The van der Waals surface area contributed by atoms with Crippen LogP contribution < -0.4 is 11.2 Å². The van der Waals surface area contributed by atoms with Gasteiger partial charge < -0.3 is 4.90 Å². The Balaban J connectivity index is 2.15. The Kier molecular flexibility index (Phi) is 5.70. The van der Waals surface area contributed by atoms with Crippen LogP contribution in [0.4, 0.5) is 0 Å². The highest BCUT2D eigenvalue weighted by Crippen LogP contribution is 2.15. The molecule has 0 spiro atoms. The van der Waals surface area contributed by atoms with Crippen LogP contribution in [0.25, 0.3) is 5.47 Å². The molecule has 3 heterocycles. The van der Waals surface area contributed by atoms with E-state index < -0.39 is 0 Å². The summed E-state index contributed by atoms with van der Waals surface area (Å²) in [6, 6.07) is 18.0. The van der Waals surface area contributed by atoms with Gasteiger partial charge in [0.2, 0.25) is 0 Å². The summed E-state index contributed by atoms with van der Waals surface area (Å²) in [6.45, 7) is 0.763. The van der Waals surface area contributed by atoms with Crippen LogP contribution in [-0.4, -0.2) is 47.2 Å². The Labute approximate surface area is 149 Å². The number of pyridine rings is 3. The predicted molar refractivity (Wildman–Crippen MR) is 104 cm³/mol. The third kappa shape index (κ3) is 4.40. The fraction of sp³-hybridized carbons (Fsp3) is 0.150. The largest absolute Gasteiger partial charge is 0.306 e. The number of nitrogens with zero attached hydrogens (tertiary/aromatic N) is 4. The molecular formula is C20H21BN4. The van der Waals surface area contributed by atoms with Gasteiger partial charge in [0.25, 0.3) is 6.71 Å². The van der Waals surface area contributed by atoms with Gasteiger partial charge in [-0.3, -0.25) is 15.0 Å². The standard InChI is InChI=1S/C20H21BN4/c1-25(2)16-12-17(18-9-3-6-13-22-18)21(19-10-4-7-14-23-19)20-11-5-8-15-24-20/h3-15H,16H2,1-2H3/b17-12-. The van der Waals surface area contributed by atoms with Crippen LogP contribution in [0.15, 0.2) is 79.3 Å². The summed E-state index contributed by atoms with van der Waals surface area (Å²) in [7, 11) is 4.12. The molecule has 124 valence electrons. The first-order chi connectivity index (χ1) is 12.3. The number of aromatic nitrogens is 3. The van der Waals surface area contributed by atoms with Gasteiger partial charge in [-0.15, -0.1) is 0 Å². The molecule has 0 atom stereocenters. The summed E-state index contributed by atoms with van der Waals surface area (Å²) >= 11 is 0. The van der Waals surface area contributed by atoms with Gasteiger partial charge in [0.15, 0.2) is 0 Å². The van der Waals surface area contributed by atoms with Crippen molar-refractivity contribution < 1.29 is 0 Å². The molecule has 0 amide bonds. The molecule has 3 aromatic heterocycles. The third-order valence-electron chi connectivity index (χ3n) is 3.92. The summed E-state index contributed by atoms with van der Waals surface area (Å²) in [4.78, 5) is 15.9. The van der Waals surface area contributed by atoms with E-state index >= 15 is 0 Å². The summed E-state index contributed by atoms with van der Waals surface area (Å²) in [5.74, 6) is 0. The van der Waals surface area contributed by atoms with Crippen molar-refractivity contribution in [2.45, 2.75) is 0 Å². The van der Waals surface area contributed by atoms with Crippen molar-refractivity contribution in [3.63, 3.8) is 0 Å². The average molecular weight is 328 g/mol. The molecule has 0 saturated carbocycles. The highest BCUT2D eigenvalue weighted by molar-refractivity contribution is 6.98. The van der Waals surface area contributed by atoms with Gasteiger partial charge >= 0.3 is 0 Å². The van der Waals surface area contributed by atoms with E-state index in [0.717, 1.165) is 28.9 Å². The maximum Gasteiger partial charge on any atom is 0.290 e. The lowest BCUT2D eigenvalue weighted by Gasteiger charge is -2.18. The summed E-state index contributed by atoms with van der Waals surface area (Å²) in [5.41, 5.74) is 4.01. The van der Waals surface area contributed by atoms with E-state index in [0.29, 0.717) is 0 Å². The normalized spacial score (nSPS) is 11.6. The molecule has 0 bridgehead atoms. The highest BCUT2D eigenvalue weighted by Gasteiger charge is 2.28. The minimum absolute atomic E-state index is 0.0581. The number of rotatable bonds is 6. The van der Waals surface area contributed by atoms with Crippen molar-refractivity contribution in [1.82, 2.24) is 19.9 Å². The quantitative estimate of drug-likeness (QED) is 0.646. The van der Waals surface area contributed by atoms with E-state index in [1.165, 1.54) is 0 Å². The second-order valence-corrected chi connectivity index (χ2v) is 6.08. The van der Waals surface area contributed by atoms with Gasteiger partial charge in [0.05, 0.1) is 5.69 Å². The van der Waals surface area contributed by atoms with Crippen LogP contribution in [0, 0.1) is 0 Å². The molecule has 4 nitrogen and oxygen atoms in total. The predicted octanol–water partition coefficient (Wildman–Crippen LogP) is 1.66. The smallest absolute Gasteiger partial charge is 0.290 e. The van der Waals surface area contributed by atoms with Crippen LogP contribution in [-0.2, 0) is 0 Å². The molecule has 5 heteroatoms. The molecule has 25 heavy (non-hydrogen) atoms. The first kappa shape index (κ1) is 17.1. The van der Waals surface area contributed by atoms with Gasteiger partial charge in [-0.1, -0.05) is 24.3 Å². The molecule has 0 aromatic carbocycles. The molecule has 0 radical (unpaired) electrons. The lowest BCUT2D eigenvalue weighted by molar-refractivity contribution is 0.457. The molecule has 0 fully saturated rings. The third-order valence-corrected chi connectivity index (χ3v) is 3.92. The van der Waals surface area contributed by atoms with E-state index in [1.807, 2.05) is 73.2 Å². The minimum atomic E-state index is -0.0581. The molecule has 0 unspecified atom stereocenters. The number of hydrogen-bond donors (Lipinski definition) is 0. The average Bonchev–Trinajstić information content (AvgIpc) is 2.67. The summed E-state index contributed by atoms with van der Waals surface area (Å²) < 4.78 is 0. The van der Waals surface area contributed by atoms with Crippen LogP contribution in [0.1, 0.15) is 5.69 Å². The molecule has 0 aliphatic rings. The zero-order valence-electron chi connectivity index (χ0n) is 14.6. The van der Waals surface area contributed by atoms with E-state index in [9.17, 15) is 0 Å². The Morgan fingerprint density at radius 1 is 0.840 bits per heavy atom. The molecule has 0 aliphatic carbocycles. The van der Waals surface area contributed by atoms with Crippen LogP contribution in [0.3, 0.4) is 0 Å². The Morgan fingerprint density at radius 3 is 1.84 bits per heavy atom. The topological polar surface area (TPSA) is 41.9 Å². The summed E-state index contributed by atoms with van der Waals surface area (Å²) in [6.07, 6.45) is 7.70. The SMILES string of the molecule is CN(C)C/C=C(\B(c1ccccn1)c1ccccn1)c1ccccn1. The maximum atomic E-state index is 4.61. The molecule has 3 rings (SSSR count). The van der Waals surface area contributed by atoms with Gasteiger partial charge in [0.1, 0.15) is 0 Å². The van der Waals surface area contributed by atoms with Crippen molar-refractivity contribution in [2.75, 3.05) is 20.6 Å². The molecular weight excluding hydrogens is 307 g/mol. The molecule has 0 saturated heterocycles. The van der Waals surface area contributed by atoms with Crippen molar-refractivity contribution in [3.8, 4) is 0 Å². The van der Waals surface area contributed by atoms with Gasteiger partial charge in [0, 0.05) is 36.3 Å².